The zero-order valence-corrected chi connectivity index (χ0v) is 14.7. The number of halogens is 4. The van der Waals surface area contributed by atoms with Crippen LogP contribution in [0.15, 0.2) is 47.8 Å². The second-order valence-electron chi connectivity index (χ2n) is 5.35. The predicted molar refractivity (Wildman–Crippen MR) is 90.9 cm³/mol. The molecule has 1 aromatic carbocycles. The summed E-state index contributed by atoms with van der Waals surface area (Å²) >= 11 is 0.528. The number of benzene rings is 1. The van der Waals surface area contributed by atoms with Crippen molar-refractivity contribution in [3.8, 4) is 23.3 Å². The first-order valence-electron chi connectivity index (χ1n) is 7.60. The molecule has 0 amide bonds. The van der Waals surface area contributed by atoms with Gasteiger partial charge >= 0.3 is 6.18 Å². The Hall–Kier alpha value is -2.81. The zero-order chi connectivity index (χ0) is 19.4. The number of hydrogen-bond acceptors (Lipinski definition) is 5. The molecule has 0 aliphatic heterocycles. The van der Waals surface area contributed by atoms with E-state index in [1.807, 2.05) is 0 Å². The van der Waals surface area contributed by atoms with E-state index in [2.05, 4.69) is 4.98 Å². The lowest BCUT2D eigenvalue weighted by Gasteiger charge is -2.10. The van der Waals surface area contributed by atoms with Crippen LogP contribution in [0.2, 0.25) is 0 Å². The van der Waals surface area contributed by atoms with Gasteiger partial charge in [0, 0.05) is 23.6 Å². The van der Waals surface area contributed by atoms with Crippen LogP contribution in [0.1, 0.15) is 10.4 Å². The summed E-state index contributed by atoms with van der Waals surface area (Å²) in [5, 5.41) is 1.24. The molecule has 0 aliphatic carbocycles. The summed E-state index contributed by atoms with van der Waals surface area (Å²) in [6, 6.07) is 9.57. The molecule has 0 saturated heterocycles. The molecule has 0 radical (unpaired) electrons. The van der Waals surface area contributed by atoms with Gasteiger partial charge in [0.15, 0.2) is 0 Å². The van der Waals surface area contributed by atoms with E-state index in [9.17, 15) is 17.6 Å². The van der Waals surface area contributed by atoms with Gasteiger partial charge in [0.1, 0.15) is 28.8 Å². The third kappa shape index (κ3) is 5.10. The summed E-state index contributed by atoms with van der Waals surface area (Å²) in [5.41, 5.74) is 0.719. The van der Waals surface area contributed by atoms with E-state index in [0.717, 1.165) is 11.6 Å². The molecule has 2 aromatic heterocycles. The van der Waals surface area contributed by atoms with E-state index < -0.39 is 11.1 Å². The van der Waals surface area contributed by atoms with Crippen LogP contribution in [-0.2, 0) is 12.8 Å². The van der Waals surface area contributed by atoms with Gasteiger partial charge in [0.25, 0.3) is 0 Å². The molecule has 0 aliphatic rings. The first-order valence-corrected chi connectivity index (χ1v) is 8.48. The van der Waals surface area contributed by atoms with Crippen molar-refractivity contribution < 1.29 is 31.8 Å². The Labute approximate surface area is 156 Å². The number of aromatic nitrogens is 1. The van der Waals surface area contributed by atoms with Gasteiger partial charge in [0.2, 0.25) is 11.8 Å². The molecule has 3 rings (SSSR count). The Bertz CT molecular complexity index is 910. The maximum Gasteiger partial charge on any atom is 0.425 e. The Morgan fingerprint density at radius 3 is 2.33 bits per heavy atom. The van der Waals surface area contributed by atoms with Crippen molar-refractivity contribution in [1.82, 2.24) is 4.98 Å². The van der Waals surface area contributed by atoms with Gasteiger partial charge in [-0.15, -0.1) is 11.3 Å². The molecule has 9 heteroatoms. The number of methoxy groups -OCH3 is 1. The minimum Gasteiger partial charge on any atom is -0.496 e. The lowest BCUT2D eigenvalue weighted by molar-refractivity contribution is -0.134. The van der Waals surface area contributed by atoms with Crippen molar-refractivity contribution in [2.45, 2.75) is 12.8 Å². The molecule has 142 valence electrons. The second kappa shape index (κ2) is 7.83. The largest absolute Gasteiger partial charge is 0.496 e. The fourth-order valence-electron chi connectivity index (χ4n) is 2.08. The van der Waals surface area contributed by atoms with E-state index >= 15 is 0 Å². The number of alkyl halides is 3. The SMILES string of the molecule is COc1cc(OCc2ccc(F)cc2)nc(Oc2csc(C(F)(F)F)c2)c1. The van der Waals surface area contributed by atoms with Crippen LogP contribution >= 0.6 is 11.3 Å². The fourth-order valence-corrected chi connectivity index (χ4v) is 2.76. The van der Waals surface area contributed by atoms with Crippen molar-refractivity contribution in [3.05, 3.63) is 64.1 Å². The molecule has 0 unspecified atom stereocenters. The van der Waals surface area contributed by atoms with Crippen molar-refractivity contribution in [1.29, 1.82) is 0 Å². The lowest BCUT2D eigenvalue weighted by Crippen LogP contribution is -2.01. The van der Waals surface area contributed by atoms with E-state index in [1.165, 1.54) is 36.8 Å². The second-order valence-corrected chi connectivity index (χ2v) is 6.26. The smallest absolute Gasteiger partial charge is 0.425 e. The zero-order valence-electron chi connectivity index (χ0n) is 13.9. The number of ether oxygens (including phenoxy) is 3. The van der Waals surface area contributed by atoms with Crippen LogP contribution in [0.4, 0.5) is 17.6 Å². The Morgan fingerprint density at radius 1 is 1.00 bits per heavy atom. The number of pyridine rings is 1. The van der Waals surface area contributed by atoms with Gasteiger partial charge in [-0.05, 0) is 17.7 Å². The van der Waals surface area contributed by atoms with Crippen molar-refractivity contribution in [2.75, 3.05) is 7.11 Å². The van der Waals surface area contributed by atoms with Gasteiger partial charge in [-0.2, -0.15) is 18.2 Å². The molecule has 0 fully saturated rings. The van der Waals surface area contributed by atoms with Crippen LogP contribution in [0, 0.1) is 5.82 Å². The summed E-state index contributed by atoms with van der Waals surface area (Å²) in [7, 11) is 1.43. The quantitative estimate of drug-likeness (QED) is 0.500. The molecule has 2 heterocycles. The van der Waals surface area contributed by atoms with E-state index in [4.69, 9.17) is 14.2 Å². The number of thiophene rings is 1. The average Bonchev–Trinajstić information content (AvgIpc) is 3.10. The molecule has 0 bridgehead atoms. The van der Waals surface area contributed by atoms with Gasteiger partial charge in [-0.3, -0.25) is 0 Å². The van der Waals surface area contributed by atoms with Crippen LogP contribution < -0.4 is 14.2 Å². The van der Waals surface area contributed by atoms with Crippen LogP contribution in [0.25, 0.3) is 0 Å². The Kier molecular flexibility index (Phi) is 5.50. The normalized spacial score (nSPS) is 11.3. The predicted octanol–water partition coefficient (Wildman–Crippen LogP) is 5.68. The molecular weight excluding hydrogens is 386 g/mol. The number of hydrogen-bond donors (Lipinski definition) is 0. The number of rotatable bonds is 6. The highest BCUT2D eigenvalue weighted by Gasteiger charge is 2.32. The molecule has 0 atom stereocenters. The minimum absolute atomic E-state index is 0.0116. The fraction of sp³-hybridized carbons (Fsp3) is 0.167. The van der Waals surface area contributed by atoms with Crippen LogP contribution in [0.3, 0.4) is 0 Å². The third-order valence-corrected chi connectivity index (χ3v) is 4.32. The topological polar surface area (TPSA) is 40.6 Å². The molecule has 27 heavy (non-hydrogen) atoms. The summed E-state index contributed by atoms with van der Waals surface area (Å²) in [6.07, 6.45) is -4.43. The van der Waals surface area contributed by atoms with Gasteiger partial charge in [-0.1, -0.05) is 12.1 Å². The van der Waals surface area contributed by atoms with Crippen molar-refractivity contribution in [2.24, 2.45) is 0 Å². The monoisotopic (exact) mass is 399 g/mol. The lowest BCUT2D eigenvalue weighted by atomic mass is 10.2. The molecule has 3 aromatic rings. The highest BCUT2D eigenvalue weighted by Crippen LogP contribution is 2.38. The highest BCUT2D eigenvalue weighted by atomic mass is 32.1. The molecule has 0 spiro atoms. The molecule has 0 N–H and O–H groups in total. The summed E-state index contributed by atoms with van der Waals surface area (Å²) in [5.74, 6) is 0.191. The van der Waals surface area contributed by atoms with Gasteiger partial charge in [0.05, 0.1) is 7.11 Å². The Balaban J connectivity index is 1.74. The molecule has 0 saturated carbocycles. The van der Waals surface area contributed by atoms with Crippen LogP contribution in [0.5, 0.6) is 23.3 Å². The summed E-state index contributed by atoms with van der Waals surface area (Å²) in [4.78, 5) is 3.34. The van der Waals surface area contributed by atoms with Gasteiger partial charge in [-0.25, -0.2) is 4.39 Å². The van der Waals surface area contributed by atoms with Crippen molar-refractivity contribution in [3.63, 3.8) is 0 Å². The maximum absolute atomic E-state index is 12.9. The summed E-state index contributed by atoms with van der Waals surface area (Å²) < 4.78 is 67.1. The minimum atomic E-state index is -4.43. The highest BCUT2D eigenvalue weighted by molar-refractivity contribution is 7.10. The first kappa shape index (κ1) is 19.0. The first-order chi connectivity index (χ1) is 12.8. The number of nitrogens with zero attached hydrogens (tertiary/aromatic N) is 1. The summed E-state index contributed by atoms with van der Waals surface area (Å²) in [6.45, 7) is 0.122. The Morgan fingerprint density at radius 2 is 1.70 bits per heavy atom. The van der Waals surface area contributed by atoms with Crippen LogP contribution in [-0.4, -0.2) is 12.1 Å². The standard InChI is InChI=1S/C18H13F4NO3S/c1-24-13-7-16(25-9-11-2-4-12(19)5-3-11)23-17(8-13)26-14-6-15(27-10-14)18(20,21)22/h2-8,10H,9H2,1H3. The third-order valence-electron chi connectivity index (χ3n) is 3.36. The average molecular weight is 399 g/mol. The van der Waals surface area contributed by atoms with E-state index in [0.29, 0.717) is 17.1 Å². The molecule has 4 nitrogen and oxygen atoms in total. The maximum atomic E-state index is 12.9. The van der Waals surface area contributed by atoms with E-state index in [1.54, 1.807) is 12.1 Å². The molecular formula is C18H13F4NO3S. The van der Waals surface area contributed by atoms with E-state index in [-0.39, 0.29) is 29.9 Å². The van der Waals surface area contributed by atoms with Gasteiger partial charge < -0.3 is 14.2 Å². The van der Waals surface area contributed by atoms with Crippen molar-refractivity contribution >= 4 is 11.3 Å².